The first-order chi connectivity index (χ1) is 28.8. The summed E-state index contributed by atoms with van der Waals surface area (Å²) >= 11 is 0. The lowest BCUT2D eigenvalue weighted by molar-refractivity contribution is -0.143. The maximum absolute atomic E-state index is 13.4. The van der Waals surface area contributed by atoms with Crippen LogP contribution < -0.4 is 43.0 Å². The van der Waals surface area contributed by atoms with Crippen LogP contribution in [0.2, 0.25) is 0 Å². The van der Waals surface area contributed by atoms with Crippen molar-refractivity contribution in [3.63, 3.8) is 0 Å². The fourth-order valence-corrected chi connectivity index (χ4v) is 6.15. The van der Waals surface area contributed by atoms with E-state index in [1.54, 1.807) is 71.9 Å². The summed E-state index contributed by atoms with van der Waals surface area (Å²) in [5.41, 5.74) is 5.95. The highest BCUT2D eigenvalue weighted by Crippen LogP contribution is 2.14. The van der Waals surface area contributed by atoms with Gasteiger partial charge >= 0.3 is 11.9 Å². The van der Waals surface area contributed by atoms with E-state index in [2.05, 4.69) is 37.2 Å². The maximum Gasteiger partial charge on any atom is 0.326 e. The SMILES string of the molecule is CC(=O)N[C@H](C(=O)N[C@@H](CC(N)=O)C(=O)NC(CC(C)C)C(O)CC(=O)N[C@H](C(=O)N[C@@H](C)C(=O)N[C@@H](CCC(=O)O)C(=O)N[C@@H](Cc1ccccc1)C(=O)O)C(C)C)C(C)C. The number of aliphatic hydroxyl groups is 1. The van der Waals surface area contributed by atoms with Crippen molar-refractivity contribution >= 4 is 59.2 Å². The van der Waals surface area contributed by atoms with E-state index in [4.69, 9.17) is 5.73 Å². The number of nitrogens with one attached hydrogen (secondary N) is 7. The van der Waals surface area contributed by atoms with Crippen LogP contribution in [0.25, 0.3) is 0 Å². The van der Waals surface area contributed by atoms with E-state index in [9.17, 15) is 63.3 Å². The van der Waals surface area contributed by atoms with Crippen molar-refractivity contribution < 1.29 is 63.3 Å². The van der Waals surface area contributed by atoms with Crippen molar-refractivity contribution in [1.82, 2.24) is 37.2 Å². The van der Waals surface area contributed by atoms with Gasteiger partial charge in [-0.3, -0.25) is 43.2 Å². The van der Waals surface area contributed by atoms with E-state index in [1.807, 2.05) is 0 Å². The zero-order valence-corrected chi connectivity index (χ0v) is 36.5. The van der Waals surface area contributed by atoms with Gasteiger partial charge in [-0.15, -0.1) is 0 Å². The number of rotatable bonds is 27. The average molecular weight is 877 g/mol. The molecular formula is C41H64N8O13. The molecule has 0 aliphatic heterocycles. The summed E-state index contributed by atoms with van der Waals surface area (Å²) in [5, 5.41) is 47.3. The molecule has 1 aromatic rings. The molecule has 62 heavy (non-hydrogen) atoms. The quantitative estimate of drug-likeness (QED) is 0.0485. The molecule has 0 aliphatic carbocycles. The van der Waals surface area contributed by atoms with Gasteiger partial charge in [0.1, 0.15) is 36.3 Å². The van der Waals surface area contributed by atoms with E-state index < -0.39 is 145 Å². The maximum atomic E-state index is 13.4. The van der Waals surface area contributed by atoms with Crippen LogP contribution in [0.5, 0.6) is 0 Å². The van der Waals surface area contributed by atoms with Crippen LogP contribution in [0.1, 0.15) is 93.1 Å². The zero-order chi connectivity index (χ0) is 47.4. The van der Waals surface area contributed by atoms with Gasteiger partial charge < -0.3 is 58.3 Å². The summed E-state index contributed by atoms with van der Waals surface area (Å²) < 4.78 is 0. The van der Waals surface area contributed by atoms with Crippen LogP contribution in [-0.4, -0.2) is 123 Å². The Bertz CT molecular complexity index is 1740. The van der Waals surface area contributed by atoms with Crippen molar-refractivity contribution in [3.05, 3.63) is 35.9 Å². The lowest BCUT2D eigenvalue weighted by Crippen LogP contribution is -2.59. The molecule has 0 saturated heterocycles. The number of primary amides is 1. The summed E-state index contributed by atoms with van der Waals surface area (Å²) in [6.45, 7) is 12.6. The second-order valence-electron chi connectivity index (χ2n) is 16.3. The van der Waals surface area contributed by atoms with Crippen molar-refractivity contribution in [2.75, 3.05) is 0 Å². The molecule has 0 heterocycles. The highest BCUT2D eigenvalue weighted by atomic mass is 16.4. The van der Waals surface area contributed by atoms with Crippen LogP contribution in [0.4, 0.5) is 0 Å². The standard InChI is InChI=1S/C41H64N8O13/c1-20(2)16-27(46-38(58)28(18-31(42)52)47-40(60)34(21(3)4)44-24(8)50)30(51)19-32(53)49-35(22(5)6)39(59)43-23(7)36(56)45-26(14-15-33(54)55)37(57)48-29(41(61)62)17-25-12-10-9-11-13-25/h9-13,20-23,26-30,34-35,51H,14-19H2,1-8H3,(H2,42,52)(H,43,59)(H,44,50)(H,45,56)(H,46,58)(H,47,60)(H,48,57)(H,49,53)(H,54,55)(H,61,62)/t23-,26-,27?,28-,29-,30?,34-,35-/m0/s1. The highest BCUT2D eigenvalue weighted by molar-refractivity contribution is 5.96. The van der Waals surface area contributed by atoms with Gasteiger partial charge in [-0.1, -0.05) is 71.9 Å². The van der Waals surface area contributed by atoms with Gasteiger partial charge in [0, 0.05) is 19.8 Å². The first kappa shape index (κ1) is 53.9. The fraction of sp³-hybridized carbons (Fsp3) is 0.610. The van der Waals surface area contributed by atoms with Crippen LogP contribution in [-0.2, 0) is 54.4 Å². The Kier molecular flexibility index (Phi) is 22.8. The van der Waals surface area contributed by atoms with E-state index in [-0.39, 0.29) is 18.8 Å². The number of carbonyl (C=O) groups excluding carboxylic acids is 8. The Hall–Kier alpha value is -6.12. The fourth-order valence-electron chi connectivity index (χ4n) is 6.15. The summed E-state index contributed by atoms with van der Waals surface area (Å²) in [5.74, 6) is -10.4. The number of benzene rings is 1. The molecule has 0 aromatic heterocycles. The molecule has 21 nitrogen and oxygen atoms in total. The summed E-state index contributed by atoms with van der Waals surface area (Å²) in [6, 6.07) is -0.755. The molecule has 2 unspecified atom stereocenters. The Labute approximate surface area is 360 Å². The second-order valence-corrected chi connectivity index (χ2v) is 16.3. The average Bonchev–Trinajstić information content (AvgIpc) is 3.15. The molecule has 1 aromatic carbocycles. The van der Waals surface area contributed by atoms with Crippen molar-refractivity contribution in [1.29, 1.82) is 0 Å². The molecule has 0 fully saturated rings. The summed E-state index contributed by atoms with van der Waals surface area (Å²) in [4.78, 5) is 127. The Morgan fingerprint density at radius 3 is 1.63 bits per heavy atom. The van der Waals surface area contributed by atoms with Gasteiger partial charge in [-0.2, -0.15) is 0 Å². The van der Waals surface area contributed by atoms with Crippen LogP contribution in [0.3, 0.4) is 0 Å². The lowest BCUT2D eigenvalue weighted by Gasteiger charge is -2.29. The van der Waals surface area contributed by atoms with Crippen molar-refractivity contribution in [2.24, 2.45) is 23.5 Å². The van der Waals surface area contributed by atoms with Gasteiger partial charge in [-0.25, -0.2) is 4.79 Å². The summed E-state index contributed by atoms with van der Waals surface area (Å²) in [6.07, 6.45) is -3.73. The smallest absolute Gasteiger partial charge is 0.326 e. The topological polar surface area (TPSA) is 342 Å². The first-order valence-corrected chi connectivity index (χ1v) is 20.4. The van der Waals surface area contributed by atoms with E-state index >= 15 is 0 Å². The number of aliphatic carboxylic acids is 2. The molecule has 0 saturated carbocycles. The number of carboxylic acid groups (broad SMARTS) is 2. The number of hydrogen-bond donors (Lipinski definition) is 11. The van der Waals surface area contributed by atoms with E-state index in [0.717, 1.165) is 0 Å². The normalized spacial score (nSPS) is 15.0. The van der Waals surface area contributed by atoms with Crippen molar-refractivity contribution in [2.45, 2.75) is 142 Å². The van der Waals surface area contributed by atoms with Crippen LogP contribution >= 0.6 is 0 Å². The van der Waals surface area contributed by atoms with Crippen LogP contribution in [0.15, 0.2) is 30.3 Å². The van der Waals surface area contributed by atoms with Crippen LogP contribution in [0, 0.1) is 17.8 Å². The minimum atomic E-state index is -1.54. The van der Waals surface area contributed by atoms with Gasteiger partial charge in [0.15, 0.2) is 0 Å². The summed E-state index contributed by atoms with van der Waals surface area (Å²) in [7, 11) is 0. The number of carbonyl (C=O) groups is 10. The molecule has 21 heteroatoms. The largest absolute Gasteiger partial charge is 0.481 e. The van der Waals surface area contributed by atoms with Gasteiger partial charge in [0.25, 0.3) is 0 Å². The Morgan fingerprint density at radius 1 is 0.613 bits per heavy atom. The number of nitrogens with two attached hydrogens (primary N) is 1. The molecule has 8 amide bonds. The Morgan fingerprint density at radius 2 is 1.13 bits per heavy atom. The molecule has 12 N–H and O–H groups in total. The van der Waals surface area contributed by atoms with Gasteiger partial charge in [0.2, 0.25) is 47.3 Å². The molecule has 0 radical (unpaired) electrons. The number of hydrogen-bond acceptors (Lipinski definition) is 11. The number of carboxylic acids is 2. The molecule has 1 rings (SSSR count). The molecule has 346 valence electrons. The molecule has 0 bridgehead atoms. The predicted molar refractivity (Wildman–Crippen MR) is 223 cm³/mol. The highest BCUT2D eigenvalue weighted by Gasteiger charge is 2.34. The monoisotopic (exact) mass is 876 g/mol. The third-order valence-corrected chi connectivity index (χ3v) is 9.45. The van der Waals surface area contributed by atoms with Gasteiger partial charge in [0.05, 0.1) is 25.0 Å². The molecule has 0 aliphatic rings. The third kappa shape index (κ3) is 20.0. The van der Waals surface area contributed by atoms with Gasteiger partial charge in [-0.05, 0) is 43.1 Å². The number of aliphatic hydroxyl groups excluding tert-OH is 1. The lowest BCUT2D eigenvalue weighted by atomic mass is 9.95. The molecule has 0 spiro atoms. The predicted octanol–water partition coefficient (Wildman–Crippen LogP) is -1.40. The third-order valence-electron chi connectivity index (χ3n) is 9.45. The second kappa shape index (κ2) is 26.3. The van der Waals surface area contributed by atoms with E-state index in [1.165, 1.54) is 13.8 Å². The zero-order valence-electron chi connectivity index (χ0n) is 36.5. The van der Waals surface area contributed by atoms with Crippen molar-refractivity contribution in [3.8, 4) is 0 Å². The molecular weight excluding hydrogens is 812 g/mol. The molecule has 8 atom stereocenters. The minimum Gasteiger partial charge on any atom is -0.481 e. The Balaban J connectivity index is 3.09. The van der Waals surface area contributed by atoms with E-state index in [0.29, 0.717) is 5.56 Å². The number of amides is 8. The minimum absolute atomic E-state index is 0.0988. The first-order valence-electron chi connectivity index (χ1n) is 20.4.